The highest BCUT2D eigenvalue weighted by Crippen LogP contribution is 2.35. The second kappa shape index (κ2) is 4.94. The molecule has 1 unspecified atom stereocenters. The first-order valence-corrected chi connectivity index (χ1v) is 6.22. The number of carbonyl (C=O) groups is 1. The van der Waals surface area contributed by atoms with E-state index in [9.17, 15) is 9.90 Å². The van der Waals surface area contributed by atoms with Crippen molar-refractivity contribution in [3.05, 3.63) is 18.3 Å². The second-order valence-corrected chi connectivity index (χ2v) is 5.06. The summed E-state index contributed by atoms with van der Waals surface area (Å²) >= 11 is 0. The summed E-state index contributed by atoms with van der Waals surface area (Å²) in [5, 5.41) is 15.6. The Morgan fingerprint density at radius 2 is 2.39 bits per heavy atom. The Morgan fingerprint density at radius 1 is 1.61 bits per heavy atom. The minimum atomic E-state index is -0.413. The average molecular weight is 249 g/mol. The molecule has 1 amide bonds. The standard InChI is InChI=1S/C13H19N3O2/c1-9(2)13(5-7-14-8-13)12(18)16-11-10(17)4-3-6-15-11/h3-4,6,9,14,17H,5,7-8H2,1-2H3,(H,15,16,18). The third kappa shape index (κ3) is 2.18. The molecule has 1 saturated heterocycles. The van der Waals surface area contributed by atoms with Crippen molar-refractivity contribution in [2.24, 2.45) is 11.3 Å². The molecule has 0 aromatic carbocycles. The first kappa shape index (κ1) is 12.8. The van der Waals surface area contributed by atoms with Gasteiger partial charge in [0.1, 0.15) is 0 Å². The van der Waals surface area contributed by atoms with Gasteiger partial charge in [-0.2, -0.15) is 0 Å². The predicted molar refractivity (Wildman–Crippen MR) is 69.3 cm³/mol. The highest BCUT2D eigenvalue weighted by Gasteiger charge is 2.44. The van der Waals surface area contributed by atoms with Crippen LogP contribution in [0.25, 0.3) is 0 Å². The van der Waals surface area contributed by atoms with Crippen LogP contribution in [0.15, 0.2) is 18.3 Å². The molecule has 0 aliphatic carbocycles. The van der Waals surface area contributed by atoms with Gasteiger partial charge in [0.05, 0.1) is 5.41 Å². The summed E-state index contributed by atoms with van der Waals surface area (Å²) in [5.41, 5.74) is -0.413. The number of carbonyl (C=O) groups excluding carboxylic acids is 1. The van der Waals surface area contributed by atoms with Gasteiger partial charge in [0, 0.05) is 12.7 Å². The zero-order valence-corrected chi connectivity index (χ0v) is 10.7. The maximum absolute atomic E-state index is 12.4. The quantitative estimate of drug-likeness (QED) is 0.756. The second-order valence-electron chi connectivity index (χ2n) is 5.06. The number of nitrogens with zero attached hydrogens (tertiary/aromatic N) is 1. The number of aromatic nitrogens is 1. The molecule has 1 atom stereocenters. The van der Waals surface area contributed by atoms with Gasteiger partial charge in [-0.1, -0.05) is 13.8 Å². The number of nitrogens with one attached hydrogen (secondary N) is 2. The Morgan fingerprint density at radius 3 is 2.94 bits per heavy atom. The van der Waals surface area contributed by atoms with E-state index in [-0.39, 0.29) is 23.4 Å². The lowest BCUT2D eigenvalue weighted by Gasteiger charge is -2.30. The van der Waals surface area contributed by atoms with Crippen molar-refractivity contribution < 1.29 is 9.90 Å². The average Bonchev–Trinajstić information content (AvgIpc) is 2.82. The van der Waals surface area contributed by atoms with E-state index in [4.69, 9.17) is 0 Å². The Labute approximate surface area is 107 Å². The molecule has 5 heteroatoms. The monoisotopic (exact) mass is 249 g/mol. The van der Waals surface area contributed by atoms with Crippen LogP contribution in [0.3, 0.4) is 0 Å². The number of hydrogen-bond donors (Lipinski definition) is 3. The molecule has 1 aliphatic rings. The van der Waals surface area contributed by atoms with E-state index < -0.39 is 5.41 Å². The number of pyridine rings is 1. The number of anilines is 1. The highest BCUT2D eigenvalue weighted by atomic mass is 16.3. The summed E-state index contributed by atoms with van der Waals surface area (Å²) in [7, 11) is 0. The van der Waals surface area contributed by atoms with Gasteiger partial charge in [-0.25, -0.2) is 4.98 Å². The fraction of sp³-hybridized carbons (Fsp3) is 0.538. The van der Waals surface area contributed by atoms with Crippen molar-refractivity contribution in [2.75, 3.05) is 18.4 Å². The van der Waals surface area contributed by atoms with Gasteiger partial charge >= 0.3 is 0 Å². The van der Waals surface area contributed by atoms with Crippen LogP contribution in [0.4, 0.5) is 5.82 Å². The van der Waals surface area contributed by atoms with Crippen LogP contribution in [0, 0.1) is 11.3 Å². The zero-order valence-electron chi connectivity index (χ0n) is 10.7. The Hall–Kier alpha value is -1.62. The lowest BCUT2D eigenvalue weighted by atomic mass is 9.75. The van der Waals surface area contributed by atoms with E-state index in [1.165, 1.54) is 6.07 Å². The van der Waals surface area contributed by atoms with E-state index in [2.05, 4.69) is 15.6 Å². The fourth-order valence-corrected chi connectivity index (χ4v) is 2.39. The van der Waals surface area contributed by atoms with Gasteiger partial charge in [0.15, 0.2) is 11.6 Å². The van der Waals surface area contributed by atoms with E-state index in [0.717, 1.165) is 13.0 Å². The van der Waals surface area contributed by atoms with Crippen LogP contribution in [-0.4, -0.2) is 29.1 Å². The van der Waals surface area contributed by atoms with Crippen LogP contribution in [0.1, 0.15) is 20.3 Å². The molecule has 3 N–H and O–H groups in total. The number of amides is 1. The number of rotatable bonds is 3. The molecule has 0 radical (unpaired) electrons. The van der Waals surface area contributed by atoms with Crippen molar-refractivity contribution in [1.29, 1.82) is 0 Å². The van der Waals surface area contributed by atoms with Crippen LogP contribution >= 0.6 is 0 Å². The minimum Gasteiger partial charge on any atom is -0.504 e. The topological polar surface area (TPSA) is 74.2 Å². The first-order chi connectivity index (χ1) is 8.56. The SMILES string of the molecule is CC(C)C1(C(=O)Nc2ncccc2O)CCNC1. The van der Waals surface area contributed by atoms with Gasteiger partial charge in [0.2, 0.25) is 5.91 Å². The summed E-state index contributed by atoms with van der Waals surface area (Å²) in [4.78, 5) is 16.4. The molecule has 1 aromatic heterocycles. The van der Waals surface area contributed by atoms with Gasteiger partial charge in [-0.05, 0) is 31.0 Å². The number of aromatic hydroxyl groups is 1. The molecule has 98 valence electrons. The summed E-state index contributed by atoms with van der Waals surface area (Å²) in [6.45, 7) is 5.61. The van der Waals surface area contributed by atoms with Crippen molar-refractivity contribution >= 4 is 11.7 Å². The Kier molecular flexibility index (Phi) is 3.52. The highest BCUT2D eigenvalue weighted by molar-refractivity contribution is 5.96. The molecule has 18 heavy (non-hydrogen) atoms. The normalized spacial score (nSPS) is 23.3. The molecule has 2 heterocycles. The fourth-order valence-electron chi connectivity index (χ4n) is 2.39. The summed E-state index contributed by atoms with van der Waals surface area (Å²) in [6.07, 6.45) is 2.36. The molecule has 2 rings (SSSR count). The number of hydrogen-bond acceptors (Lipinski definition) is 4. The van der Waals surface area contributed by atoms with Crippen molar-refractivity contribution in [2.45, 2.75) is 20.3 Å². The third-order valence-corrected chi connectivity index (χ3v) is 3.76. The predicted octanol–water partition coefficient (Wildman–Crippen LogP) is 1.36. The molecule has 0 spiro atoms. The van der Waals surface area contributed by atoms with Gasteiger partial charge < -0.3 is 15.7 Å². The van der Waals surface area contributed by atoms with E-state index in [1.54, 1.807) is 12.3 Å². The summed E-state index contributed by atoms with van der Waals surface area (Å²) in [5.74, 6) is 0.389. The van der Waals surface area contributed by atoms with Crippen molar-refractivity contribution in [1.82, 2.24) is 10.3 Å². The maximum Gasteiger partial charge on any atom is 0.233 e. The van der Waals surface area contributed by atoms with E-state index in [0.29, 0.717) is 6.54 Å². The van der Waals surface area contributed by atoms with E-state index >= 15 is 0 Å². The molecular weight excluding hydrogens is 230 g/mol. The van der Waals surface area contributed by atoms with Crippen molar-refractivity contribution in [3.63, 3.8) is 0 Å². The van der Waals surface area contributed by atoms with E-state index in [1.807, 2.05) is 13.8 Å². The molecule has 1 fully saturated rings. The molecule has 5 nitrogen and oxygen atoms in total. The lowest BCUT2D eigenvalue weighted by Crippen LogP contribution is -2.42. The van der Waals surface area contributed by atoms with Crippen LogP contribution in [0.5, 0.6) is 5.75 Å². The van der Waals surface area contributed by atoms with Gasteiger partial charge in [0.25, 0.3) is 0 Å². The van der Waals surface area contributed by atoms with Crippen LogP contribution < -0.4 is 10.6 Å². The maximum atomic E-state index is 12.4. The largest absolute Gasteiger partial charge is 0.504 e. The lowest BCUT2D eigenvalue weighted by molar-refractivity contribution is -0.126. The third-order valence-electron chi connectivity index (χ3n) is 3.76. The minimum absolute atomic E-state index is 0.00397. The Balaban J connectivity index is 2.19. The van der Waals surface area contributed by atoms with Crippen molar-refractivity contribution in [3.8, 4) is 5.75 Å². The molecule has 1 aromatic rings. The summed E-state index contributed by atoms with van der Waals surface area (Å²) < 4.78 is 0. The van der Waals surface area contributed by atoms with Crippen LogP contribution in [-0.2, 0) is 4.79 Å². The first-order valence-electron chi connectivity index (χ1n) is 6.22. The smallest absolute Gasteiger partial charge is 0.233 e. The summed E-state index contributed by atoms with van der Waals surface area (Å²) in [6, 6.07) is 3.14. The molecule has 0 saturated carbocycles. The molecular formula is C13H19N3O2. The molecule has 0 bridgehead atoms. The Bertz CT molecular complexity index is 440. The van der Waals surface area contributed by atoms with Gasteiger partial charge in [-0.15, -0.1) is 0 Å². The molecule has 1 aliphatic heterocycles. The van der Waals surface area contributed by atoms with Gasteiger partial charge in [-0.3, -0.25) is 4.79 Å². The zero-order chi connectivity index (χ0) is 13.2. The van der Waals surface area contributed by atoms with Crippen LogP contribution in [0.2, 0.25) is 0 Å².